The van der Waals surface area contributed by atoms with E-state index >= 15 is 0 Å². The predicted molar refractivity (Wildman–Crippen MR) is 153 cm³/mol. The van der Waals surface area contributed by atoms with Gasteiger partial charge in [-0.2, -0.15) is 8.78 Å². The number of hydrogen-bond donors (Lipinski definition) is 2. The highest BCUT2D eigenvalue weighted by Gasteiger charge is 2.24. The number of allylic oxidation sites excluding steroid dienone is 2. The molecule has 1 aromatic carbocycles. The summed E-state index contributed by atoms with van der Waals surface area (Å²) < 4.78 is 29.4. The van der Waals surface area contributed by atoms with Gasteiger partial charge in [-0.1, -0.05) is 25.6 Å². The van der Waals surface area contributed by atoms with Gasteiger partial charge in [-0.05, 0) is 68.6 Å². The van der Waals surface area contributed by atoms with Crippen LogP contribution in [0.4, 0.5) is 8.78 Å². The molecular weight excluding hydrogens is 510 g/mol. The summed E-state index contributed by atoms with van der Waals surface area (Å²) in [5.74, 6) is -0.287. The standard InChI is InChI=1S/C27H38F2N6O2S/c1-7-19(4)25(33-22-11-12-35(16-22)20(5)15-31-17-32-18(2)3)38-27(30-6)34-24(36)14-21-9-8-10-23(13-21)37-26(28)29/h8-10,13,15,17-18,22,26,33H,5,7,11-12,14,16H2,1-4,6H3,(H,30,34,36). The normalized spacial score (nSPS) is 17.0. The molecule has 2 rings (SSSR count). The Morgan fingerprint density at radius 2 is 2.13 bits per heavy atom. The SMILES string of the molecule is C=C(C=NC=NC(C)C)N1CCC(NC(SC(=NC)NC(=O)Cc2cccc(OC(F)F)c2)=C(C)CC)C1. The minimum atomic E-state index is -2.92. The minimum Gasteiger partial charge on any atom is -0.435 e. The maximum absolute atomic E-state index is 12.7. The summed E-state index contributed by atoms with van der Waals surface area (Å²) in [6.45, 7) is 10.9. The van der Waals surface area contributed by atoms with Crippen molar-refractivity contribution >= 4 is 35.4 Å². The first-order valence-electron chi connectivity index (χ1n) is 12.5. The number of rotatable bonds is 12. The first kappa shape index (κ1) is 31.0. The molecule has 1 unspecified atom stereocenters. The van der Waals surface area contributed by atoms with E-state index in [0.717, 1.165) is 42.2 Å². The van der Waals surface area contributed by atoms with Crippen LogP contribution < -0.4 is 15.4 Å². The second kappa shape index (κ2) is 15.9. The summed E-state index contributed by atoms with van der Waals surface area (Å²) in [7, 11) is 1.61. The largest absolute Gasteiger partial charge is 0.435 e. The number of carbonyl (C=O) groups is 1. The van der Waals surface area contributed by atoms with Crippen LogP contribution >= 0.6 is 11.8 Å². The number of alkyl halides is 2. The van der Waals surface area contributed by atoms with Crippen LogP contribution in [0.15, 0.2) is 62.1 Å². The zero-order valence-corrected chi connectivity index (χ0v) is 23.5. The van der Waals surface area contributed by atoms with E-state index in [9.17, 15) is 13.6 Å². The van der Waals surface area contributed by atoms with Crippen LogP contribution in [0.2, 0.25) is 0 Å². The van der Waals surface area contributed by atoms with Gasteiger partial charge < -0.3 is 20.3 Å². The van der Waals surface area contributed by atoms with Crippen molar-refractivity contribution in [2.45, 2.75) is 65.7 Å². The molecule has 11 heteroatoms. The number of benzene rings is 1. The zero-order valence-electron chi connectivity index (χ0n) is 22.7. The van der Waals surface area contributed by atoms with Crippen molar-refractivity contribution in [1.82, 2.24) is 15.5 Å². The van der Waals surface area contributed by atoms with Crippen molar-refractivity contribution < 1.29 is 18.3 Å². The number of thioether (sulfide) groups is 1. The molecular formula is C27H38F2N6O2S. The van der Waals surface area contributed by atoms with Gasteiger partial charge >= 0.3 is 6.61 Å². The Bertz CT molecular complexity index is 1070. The Kier molecular flexibility index (Phi) is 13.0. The second-order valence-electron chi connectivity index (χ2n) is 9.05. The fourth-order valence-electron chi connectivity index (χ4n) is 3.50. The van der Waals surface area contributed by atoms with Crippen LogP contribution in [0.25, 0.3) is 0 Å². The van der Waals surface area contributed by atoms with Crippen LogP contribution in [0.1, 0.15) is 46.1 Å². The third-order valence-corrected chi connectivity index (χ3v) is 6.79. The minimum absolute atomic E-state index is 0.00236. The maximum Gasteiger partial charge on any atom is 0.387 e. The number of nitrogens with zero attached hydrogens (tertiary/aromatic N) is 4. The summed E-state index contributed by atoms with van der Waals surface area (Å²) in [6.07, 6.45) is 5.04. The van der Waals surface area contributed by atoms with E-state index in [4.69, 9.17) is 0 Å². The Labute approximate surface area is 228 Å². The van der Waals surface area contributed by atoms with E-state index in [1.807, 2.05) is 20.8 Å². The second-order valence-corrected chi connectivity index (χ2v) is 10.0. The molecule has 0 aromatic heterocycles. The number of likely N-dealkylation sites (tertiary alicyclic amines) is 1. The van der Waals surface area contributed by atoms with Crippen molar-refractivity contribution in [2.24, 2.45) is 15.0 Å². The average Bonchev–Trinajstić information content (AvgIpc) is 3.33. The Hall–Kier alpha value is -3.21. The lowest BCUT2D eigenvalue weighted by Crippen LogP contribution is -2.34. The molecule has 1 heterocycles. The van der Waals surface area contributed by atoms with Gasteiger partial charge in [-0.3, -0.25) is 14.8 Å². The molecule has 1 aliphatic rings. The Morgan fingerprint density at radius 3 is 2.79 bits per heavy atom. The average molecular weight is 549 g/mol. The molecule has 1 saturated heterocycles. The maximum atomic E-state index is 12.7. The number of nitrogens with one attached hydrogen (secondary N) is 2. The highest BCUT2D eigenvalue weighted by Crippen LogP contribution is 2.24. The molecule has 38 heavy (non-hydrogen) atoms. The highest BCUT2D eigenvalue weighted by molar-refractivity contribution is 8.17. The molecule has 0 radical (unpaired) electrons. The van der Waals surface area contributed by atoms with Gasteiger partial charge in [0.1, 0.15) is 12.1 Å². The molecule has 2 N–H and O–H groups in total. The van der Waals surface area contributed by atoms with Crippen LogP contribution in [0.3, 0.4) is 0 Å². The summed E-state index contributed by atoms with van der Waals surface area (Å²) in [5.41, 5.74) is 2.54. The fourth-order valence-corrected chi connectivity index (χ4v) is 4.50. The number of aliphatic imine (C=N–C) groups is 3. The third kappa shape index (κ3) is 11.0. The number of ether oxygens (including phenoxy) is 1. The monoisotopic (exact) mass is 548 g/mol. The number of hydrogen-bond acceptors (Lipinski definition) is 7. The zero-order chi connectivity index (χ0) is 28.1. The van der Waals surface area contributed by atoms with Gasteiger partial charge in [0.15, 0.2) is 5.17 Å². The van der Waals surface area contributed by atoms with Gasteiger partial charge in [0, 0.05) is 37.9 Å². The highest BCUT2D eigenvalue weighted by atomic mass is 32.2. The summed E-state index contributed by atoms with van der Waals surface area (Å²) in [6, 6.07) is 6.50. The van der Waals surface area contributed by atoms with Gasteiger partial charge in [0.05, 0.1) is 17.7 Å². The van der Waals surface area contributed by atoms with Gasteiger partial charge in [-0.25, -0.2) is 4.99 Å². The molecule has 0 bridgehead atoms. The first-order chi connectivity index (χ1) is 18.1. The summed E-state index contributed by atoms with van der Waals surface area (Å²) >= 11 is 1.37. The van der Waals surface area contributed by atoms with E-state index in [1.54, 1.807) is 31.7 Å². The third-order valence-electron chi connectivity index (χ3n) is 5.64. The summed E-state index contributed by atoms with van der Waals surface area (Å²) in [5, 5.41) is 7.83. The Balaban J connectivity index is 1.96. The van der Waals surface area contributed by atoms with Crippen LogP contribution in [0.5, 0.6) is 5.75 Å². The number of carbonyl (C=O) groups excluding carboxylic acids is 1. The Morgan fingerprint density at radius 1 is 1.37 bits per heavy atom. The first-order valence-corrected chi connectivity index (χ1v) is 13.4. The number of amides is 1. The smallest absolute Gasteiger partial charge is 0.387 e. The van der Waals surface area contributed by atoms with Crippen LogP contribution in [0, 0.1) is 0 Å². The number of amidine groups is 1. The van der Waals surface area contributed by atoms with E-state index in [0.29, 0.717) is 10.7 Å². The molecule has 0 saturated carbocycles. The van der Waals surface area contributed by atoms with E-state index in [1.165, 1.54) is 23.9 Å². The van der Waals surface area contributed by atoms with Crippen molar-refractivity contribution in [3.63, 3.8) is 0 Å². The quantitative estimate of drug-likeness (QED) is 0.284. The van der Waals surface area contributed by atoms with Crippen LogP contribution in [-0.4, -0.2) is 67.4 Å². The topological polar surface area (TPSA) is 90.7 Å². The van der Waals surface area contributed by atoms with Crippen molar-refractivity contribution in [1.29, 1.82) is 0 Å². The van der Waals surface area contributed by atoms with Crippen molar-refractivity contribution in [3.05, 3.63) is 52.7 Å². The van der Waals surface area contributed by atoms with E-state index in [2.05, 4.69) is 48.8 Å². The molecule has 208 valence electrons. The molecule has 1 amide bonds. The lowest BCUT2D eigenvalue weighted by atomic mass is 10.1. The molecule has 8 nitrogen and oxygen atoms in total. The molecule has 1 fully saturated rings. The lowest BCUT2D eigenvalue weighted by molar-refractivity contribution is -0.119. The fraction of sp³-hybridized carbons (Fsp3) is 0.481. The molecule has 0 aliphatic carbocycles. The predicted octanol–water partition coefficient (Wildman–Crippen LogP) is 4.99. The van der Waals surface area contributed by atoms with E-state index < -0.39 is 6.61 Å². The van der Waals surface area contributed by atoms with E-state index in [-0.39, 0.29) is 30.2 Å². The number of halogens is 2. The van der Waals surface area contributed by atoms with Gasteiger partial charge in [-0.15, -0.1) is 0 Å². The van der Waals surface area contributed by atoms with Gasteiger partial charge in [0.2, 0.25) is 5.91 Å². The molecule has 0 spiro atoms. The summed E-state index contributed by atoms with van der Waals surface area (Å²) in [4.78, 5) is 27.5. The van der Waals surface area contributed by atoms with Crippen molar-refractivity contribution in [3.8, 4) is 5.75 Å². The lowest BCUT2D eigenvalue weighted by Gasteiger charge is -2.21. The van der Waals surface area contributed by atoms with Crippen LogP contribution in [-0.2, 0) is 11.2 Å². The molecule has 1 aromatic rings. The van der Waals surface area contributed by atoms with Crippen molar-refractivity contribution in [2.75, 3.05) is 20.1 Å². The molecule has 1 aliphatic heterocycles. The van der Waals surface area contributed by atoms with Gasteiger partial charge in [0.25, 0.3) is 0 Å². The molecule has 1 atom stereocenters.